The van der Waals surface area contributed by atoms with Crippen molar-refractivity contribution < 1.29 is 4.79 Å². The van der Waals surface area contributed by atoms with Crippen LogP contribution < -0.4 is 4.90 Å². The molecular formula is C15H23N3O. The van der Waals surface area contributed by atoms with E-state index in [4.69, 9.17) is 0 Å². The van der Waals surface area contributed by atoms with Gasteiger partial charge in [-0.1, -0.05) is 0 Å². The largest absolute Gasteiger partial charge is 0.371 e. The highest BCUT2D eigenvalue weighted by molar-refractivity contribution is 5.93. The lowest BCUT2D eigenvalue weighted by molar-refractivity contribution is 0.0767. The van der Waals surface area contributed by atoms with Crippen molar-refractivity contribution in [3.63, 3.8) is 0 Å². The van der Waals surface area contributed by atoms with Gasteiger partial charge in [-0.2, -0.15) is 0 Å². The number of hydrogen-bond acceptors (Lipinski definition) is 3. The Labute approximate surface area is 115 Å². The molecule has 4 nitrogen and oxygen atoms in total. The summed E-state index contributed by atoms with van der Waals surface area (Å²) in [5.41, 5.74) is 1.69. The van der Waals surface area contributed by atoms with Crippen LogP contribution in [-0.2, 0) is 0 Å². The maximum absolute atomic E-state index is 12.3. The number of pyridine rings is 1. The molecule has 1 aromatic rings. The maximum Gasteiger partial charge on any atom is 0.272 e. The molecule has 1 amide bonds. The van der Waals surface area contributed by atoms with Crippen LogP contribution in [0.2, 0.25) is 0 Å². The highest BCUT2D eigenvalue weighted by Crippen LogP contribution is 2.20. The van der Waals surface area contributed by atoms with E-state index < -0.39 is 0 Å². The van der Waals surface area contributed by atoms with Crippen LogP contribution in [0.25, 0.3) is 0 Å². The first-order valence-corrected chi connectivity index (χ1v) is 7.26. The molecule has 0 N–H and O–H groups in total. The van der Waals surface area contributed by atoms with E-state index in [2.05, 4.69) is 9.88 Å². The summed E-state index contributed by atoms with van der Waals surface area (Å²) in [6.07, 6.45) is 5.54. The first-order valence-electron chi connectivity index (χ1n) is 7.26. The molecule has 1 aromatic heterocycles. The Morgan fingerprint density at radius 2 is 1.95 bits per heavy atom. The van der Waals surface area contributed by atoms with Crippen LogP contribution in [0.15, 0.2) is 18.3 Å². The molecule has 1 saturated heterocycles. The average molecular weight is 261 g/mol. The molecule has 2 rings (SSSR count). The van der Waals surface area contributed by atoms with Crippen LogP contribution >= 0.6 is 0 Å². The standard InChI is InChI=1S/C15H23N3O/c1-3-17(4-2)15(19)14-12-13(8-9-16-14)18-10-6-5-7-11-18/h8-9,12H,3-7,10-11H2,1-2H3. The molecule has 0 atom stereocenters. The molecule has 0 aromatic carbocycles. The lowest BCUT2D eigenvalue weighted by Gasteiger charge is -2.29. The molecule has 0 bridgehead atoms. The van der Waals surface area contributed by atoms with Gasteiger partial charge in [0.15, 0.2) is 0 Å². The van der Waals surface area contributed by atoms with E-state index in [9.17, 15) is 4.79 Å². The van der Waals surface area contributed by atoms with E-state index in [1.165, 1.54) is 19.3 Å². The summed E-state index contributed by atoms with van der Waals surface area (Å²) in [5.74, 6) is 0.0314. The molecule has 0 saturated carbocycles. The molecule has 4 heteroatoms. The van der Waals surface area contributed by atoms with Crippen molar-refractivity contribution in [3.8, 4) is 0 Å². The second-order valence-corrected chi connectivity index (χ2v) is 4.92. The van der Waals surface area contributed by atoms with Gasteiger partial charge >= 0.3 is 0 Å². The Kier molecular flexibility index (Phi) is 4.77. The Bertz CT molecular complexity index is 423. The third-order valence-corrected chi connectivity index (χ3v) is 3.73. The van der Waals surface area contributed by atoms with Crippen molar-refractivity contribution in [1.82, 2.24) is 9.88 Å². The number of amides is 1. The Hall–Kier alpha value is -1.58. The van der Waals surface area contributed by atoms with Crippen LogP contribution in [0.1, 0.15) is 43.6 Å². The second-order valence-electron chi connectivity index (χ2n) is 4.92. The third kappa shape index (κ3) is 3.25. The number of aromatic nitrogens is 1. The maximum atomic E-state index is 12.3. The van der Waals surface area contributed by atoms with E-state index >= 15 is 0 Å². The Morgan fingerprint density at radius 3 is 2.58 bits per heavy atom. The van der Waals surface area contributed by atoms with Gasteiger partial charge in [-0.25, -0.2) is 0 Å². The van der Waals surface area contributed by atoms with Gasteiger partial charge in [-0.05, 0) is 45.2 Å². The quantitative estimate of drug-likeness (QED) is 0.835. The fraction of sp³-hybridized carbons (Fsp3) is 0.600. The van der Waals surface area contributed by atoms with E-state index in [0.29, 0.717) is 5.69 Å². The zero-order valence-electron chi connectivity index (χ0n) is 11.9. The van der Waals surface area contributed by atoms with Crippen molar-refractivity contribution in [2.75, 3.05) is 31.1 Å². The molecule has 0 aliphatic carbocycles. The molecule has 1 aliphatic heterocycles. The van der Waals surface area contributed by atoms with Gasteiger partial charge in [0, 0.05) is 38.1 Å². The molecule has 1 aliphatic rings. The molecule has 2 heterocycles. The van der Waals surface area contributed by atoms with Crippen LogP contribution in [-0.4, -0.2) is 42.0 Å². The number of rotatable bonds is 4. The van der Waals surface area contributed by atoms with Gasteiger partial charge < -0.3 is 9.80 Å². The van der Waals surface area contributed by atoms with Gasteiger partial charge in [0.25, 0.3) is 5.91 Å². The summed E-state index contributed by atoms with van der Waals surface area (Å²) >= 11 is 0. The summed E-state index contributed by atoms with van der Waals surface area (Å²) in [6.45, 7) is 7.62. The van der Waals surface area contributed by atoms with E-state index in [-0.39, 0.29) is 5.91 Å². The number of carbonyl (C=O) groups excluding carboxylic acids is 1. The van der Waals surface area contributed by atoms with Gasteiger partial charge in [-0.15, -0.1) is 0 Å². The fourth-order valence-corrected chi connectivity index (χ4v) is 2.56. The zero-order chi connectivity index (χ0) is 13.7. The fourth-order valence-electron chi connectivity index (χ4n) is 2.56. The van der Waals surface area contributed by atoms with Crippen molar-refractivity contribution >= 4 is 11.6 Å². The SMILES string of the molecule is CCN(CC)C(=O)c1cc(N2CCCCC2)ccn1. The molecule has 1 fully saturated rings. The predicted octanol–water partition coefficient (Wildman–Crippen LogP) is 2.55. The smallest absolute Gasteiger partial charge is 0.272 e. The lowest BCUT2D eigenvalue weighted by Crippen LogP contribution is -2.32. The number of anilines is 1. The highest BCUT2D eigenvalue weighted by atomic mass is 16.2. The van der Waals surface area contributed by atoms with Crippen LogP contribution in [0, 0.1) is 0 Å². The summed E-state index contributed by atoms with van der Waals surface area (Å²) in [5, 5.41) is 0. The number of carbonyl (C=O) groups is 1. The van der Waals surface area contributed by atoms with Gasteiger partial charge in [0.05, 0.1) is 0 Å². The Morgan fingerprint density at radius 1 is 1.26 bits per heavy atom. The van der Waals surface area contributed by atoms with E-state index in [1.54, 1.807) is 6.20 Å². The minimum Gasteiger partial charge on any atom is -0.371 e. The minimum atomic E-state index is 0.0314. The monoisotopic (exact) mass is 261 g/mol. The van der Waals surface area contributed by atoms with Crippen molar-refractivity contribution in [2.24, 2.45) is 0 Å². The molecule has 0 radical (unpaired) electrons. The average Bonchev–Trinajstić information content (AvgIpc) is 2.49. The molecular weight excluding hydrogens is 238 g/mol. The predicted molar refractivity (Wildman–Crippen MR) is 77.6 cm³/mol. The zero-order valence-corrected chi connectivity index (χ0v) is 11.9. The summed E-state index contributed by atoms with van der Waals surface area (Å²) in [6, 6.07) is 3.94. The second kappa shape index (κ2) is 6.55. The van der Waals surface area contributed by atoms with Gasteiger partial charge in [-0.3, -0.25) is 9.78 Å². The number of hydrogen-bond donors (Lipinski definition) is 0. The molecule has 104 valence electrons. The van der Waals surface area contributed by atoms with Crippen molar-refractivity contribution in [3.05, 3.63) is 24.0 Å². The number of piperidine rings is 1. The van der Waals surface area contributed by atoms with Crippen LogP contribution in [0.4, 0.5) is 5.69 Å². The van der Waals surface area contributed by atoms with E-state index in [1.807, 2.05) is 30.9 Å². The van der Waals surface area contributed by atoms with Gasteiger partial charge in [0.2, 0.25) is 0 Å². The summed E-state index contributed by atoms with van der Waals surface area (Å²) in [7, 11) is 0. The Balaban J connectivity index is 2.16. The molecule has 0 unspecified atom stereocenters. The van der Waals surface area contributed by atoms with Crippen LogP contribution in [0.5, 0.6) is 0 Å². The van der Waals surface area contributed by atoms with E-state index in [0.717, 1.165) is 31.9 Å². The first-order chi connectivity index (χ1) is 9.26. The normalized spacial score (nSPS) is 15.4. The van der Waals surface area contributed by atoms with Crippen molar-refractivity contribution in [2.45, 2.75) is 33.1 Å². The van der Waals surface area contributed by atoms with Crippen LogP contribution in [0.3, 0.4) is 0 Å². The van der Waals surface area contributed by atoms with Crippen molar-refractivity contribution in [1.29, 1.82) is 0 Å². The molecule has 19 heavy (non-hydrogen) atoms. The third-order valence-electron chi connectivity index (χ3n) is 3.73. The molecule has 0 spiro atoms. The minimum absolute atomic E-state index is 0.0314. The lowest BCUT2D eigenvalue weighted by atomic mass is 10.1. The van der Waals surface area contributed by atoms with Gasteiger partial charge in [0.1, 0.15) is 5.69 Å². The summed E-state index contributed by atoms with van der Waals surface area (Å²) in [4.78, 5) is 20.7. The number of nitrogens with zero attached hydrogens (tertiary/aromatic N) is 3. The first kappa shape index (κ1) is 13.8. The topological polar surface area (TPSA) is 36.4 Å². The highest BCUT2D eigenvalue weighted by Gasteiger charge is 2.16. The summed E-state index contributed by atoms with van der Waals surface area (Å²) < 4.78 is 0.